The number of benzene rings is 1. The van der Waals surface area contributed by atoms with Crippen LogP contribution in [-0.2, 0) is 9.59 Å². The lowest BCUT2D eigenvalue weighted by atomic mass is 9.68. The molecular formula is C24H25N3O2. The summed E-state index contributed by atoms with van der Waals surface area (Å²) in [6.45, 7) is 6.12. The van der Waals surface area contributed by atoms with Crippen molar-refractivity contribution in [3.05, 3.63) is 82.8 Å². The van der Waals surface area contributed by atoms with E-state index < -0.39 is 0 Å². The van der Waals surface area contributed by atoms with Crippen LogP contribution in [0.5, 0.6) is 0 Å². The summed E-state index contributed by atoms with van der Waals surface area (Å²) in [5.41, 5.74) is 3.84. The van der Waals surface area contributed by atoms with Crippen molar-refractivity contribution in [2.75, 3.05) is 5.32 Å². The van der Waals surface area contributed by atoms with Crippen molar-refractivity contribution in [1.29, 1.82) is 0 Å². The van der Waals surface area contributed by atoms with Gasteiger partial charge in [-0.3, -0.25) is 9.59 Å². The Labute approximate surface area is 170 Å². The first-order valence-corrected chi connectivity index (χ1v) is 9.87. The number of hydrogen-bond donors (Lipinski definition) is 2. The lowest BCUT2D eigenvalue weighted by Gasteiger charge is -2.39. The van der Waals surface area contributed by atoms with Crippen molar-refractivity contribution >= 4 is 17.5 Å². The second-order valence-corrected chi connectivity index (χ2v) is 8.51. The Balaban J connectivity index is 1.80. The van der Waals surface area contributed by atoms with Gasteiger partial charge in [0.25, 0.3) is 5.91 Å². The summed E-state index contributed by atoms with van der Waals surface area (Å²) < 4.78 is 0. The second kappa shape index (κ2) is 7.32. The normalized spacial score (nSPS) is 20.8. The number of aromatic nitrogens is 1. The molecular weight excluding hydrogens is 362 g/mol. The molecule has 5 heteroatoms. The van der Waals surface area contributed by atoms with Gasteiger partial charge in [0.1, 0.15) is 5.82 Å². The Bertz CT molecular complexity index is 1020. The van der Waals surface area contributed by atoms with E-state index >= 15 is 0 Å². The lowest BCUT2D eigenvalue weighted by Crippen LogP contribution is -2.39. The van der Waals surface area contributed by atoms with Crippen LogP contribution >= 0.6 is 0 Å². The molecule has 1 amide bonds. The van der Waals surface area contributed by atoms with Gasteiger partial charge in [-0.2, -0.15) is 0 Å². The SMILES string of the molecule is CC1=C(C(=O)Nc2ccccn2)[C@H](c2ccccc2)C2=C(CC(C)(C)CC2=O)N1. The second-order valence-electron chi connectivity index (χ2n) is 8.51. The van der Waals surface area contributed by atoms with E-state index in [0.29, 0.717) is 23.4 Å². The average Bonchev–Trinajstić information content (AvgIpc) is 2.67. The van der Waals surface area contributed by atoms with E-state index in [1.165, 1.54) is 0 Å². The zero-order valence-corrected chi connectivity index (χ0v) is 17.0. The largest absolute Gasteiger partial charge is 0.362 e. The zero-order valence-electron chi connectivity index (χ0n) is 17.0. The summed E-state index contributed by atoms with van der Waals surface area (Å²) in [6, 6.07) is 15.2. The number of nitrogens with zero attached hydrogens (tertiary/aromatic N) is 1. The standard InChI is InChI=1S/C24H25N3O2/c1-15-20(23(29)27-19-11-7-8-12-25-19)21(16-9-5-4-6-10-16)22-17(26-15)13-24(2,3)14-18(22)28/h4-12,21,26H,13-14H2,1-3H3,(H,25,27,29)/t21-/m0/s1. The molecule has 148 valence electrons. The topological polar surface area (TPSA) is 71.1 Å². The van der Waals surface area contributed by atoms with E-state index in [4.69, 9.17) is 0 Å². The van der Waals surface area contributed by atoms with E-state index in [0.717, 1.165) is 23.4 Å². The molecule has 29 heavy (non-hydrogen) atoms. The van der Waals surface area contributed by atoms with E-state index in [2.05, 4.69) is 29.5 Å². The highest BCUT2D eigenvalue weighted by Gasteiger charge is 2.42. The van der Waals surface area contributed by atoms with E-state index in [9.17, 15) is 9.59 Å². The maximum absolute atomic E-state index is 13.3. The molecule has 1 aliphatic heterocycles. The van der Waals surface area contributed by atoms with Crippen LogP contribution < -0.4 is 10.6 Å². The molecule has 0 radical (unpaired) electrons. The molecule has 2 aliphatic rings. The zero-order chi connectivity index (χ0) is 20.6. The van der Waals surface area contributed by atoms with Gasteiger partial charge < -0.3 is 10.6 Å². The Kier molecular flexibility index (Phi) is 4.82. The molecule has 2 N–H and O–H groups in total. The quantitative estimate of drug-likeness (QED) is 0.823. The summed E-state index contributed by atoms with van der Waals surface area (Å²) in [5.74, 6) is -0.0415. The molecule has 2 aromatic rings. The first-order valence-electron chi connectivity index (χ1n) is 9.87. The van der Waals surface area contributed by atoms with E-state index in [1.807, 2.05) is 43.3 Å². The Morgan fingerprint density at radius 1 is 1.10 bits per heavy atom. The first kappa shape index (κ1) is 19.1. The third-order valence-electron chi connectivity index (χ3n) is 5.52. The van der Waals surface area contributed by atoms with Gasteiger partial charge in [0.05, 0.1) is 0 Å². The fraction of sp³-hybridized carbons (Fsp3) is 0.292. The smallest absolute Gasteiger partial charge is 0.255 e. The molecule has 0 saturated carbocycles. The van der Waals surface area contributed by atoms with E-state index in [1.54, 1.807) is 18.3 Å². The molecule has 1 aliphatic carbocycles. The minimum Gasteiger partial charge on any atom is -0.362 e. The highest BCUT2D eigenvalue weighted by molar-refractivity contribution is 6.09. The number of carbonyl (C=O) groups excluding carboxylic acids is 2. The van der Waals surface area contributed by atoms with Gasteiger partial charge in [0.2, 0.25) is 0 Å². The number of rotatable bonds is 3. The van der Waals surface area contributed by atoms with Crippen LogP contribution in [0.15, 0.2) is 77.3 Å². The Morgan fingerprint density at radius 2 is 1.83 bits per heavy atom. The van der Waals surface area contributed by atoms with Gasteiger partial charge in [0, 0.05) is 41.1 Å². The number of dihydropyridines is 1. The molecule has 1 atom stereocenters. The van der Waals surface area contributed by atoms with Crippen LogP contribution in [0.25, 0.3) is 0 Å². The van der Waals surface area contributed by atoms with Crippen molar-refractivity contribution in [1.82, 2.24) is 10.3 Å². The number of allylic oxidation sites excluding steroid dienone is 3. The fourth-order valence-corrected chi connectivity index (χ4v) is 4.34. The highest BCUT2D eigenvalue weighted by Crippen LogP contribution is 2.46. The highest BCUT2D eigenvalue weighted by atomic mass is 16.2. The molecule has 1 aromatic carbocycles. The van der Waals surface area contributed by atoms with Gasteiger partial charge in [-0.25, -0.2) is 4.98 Å². The van der Waals surface area contributed by atoms with Crippen molar-refractivity contribution < 1.29 is 9.59 Å². The van der Waals surface area contributed by atoms with Crippen molar-refractivity contribution in [3.8, 4) is 0 Å². The molecule has 2 heterocycles. The fourth-order valence-electron chi connectivity index (χ4n) is 4.34. The molecule has 0 spiro atoms. The van der Waals surface area contributed by atoms with Crippen molar-refractivity contribution in [2.45, 2.75) is 39.5 Å². The van der Waals surface area contributed by atoms with Crippen LogP contribution in [0.3, 0.4) is 0 Å². The number of hydrogen-bond acceptors (Lipinski definition) is 4. The van der Waals surface area contributed by atoms with Crippen LogP contribution in [0.4, 0.5) is 5.82 Å². The third-order valence-corrected chi connectivity index (χ3v) is 5.52. The summed E-state index contributed by atoms with van der Waals surface area (Å²) in [4.78, 5) is 30.7. The number of carbonyl (C=O) groups is 2. The summed E-state index contributed by atoms with van der Waals surface area (Å²) >= 11 is 0. The predicted octanol–water partition coefficient (Wildman–Crippen LogP) is 4.32. The molecule has 0 fully saturated rings. The van der Waals surface area contributed by atoms with Crippen LogP contribution in [0.1, 0.15) is 45.1 Å². The molecule has 4 rings (SSSR count). The minimum atomic E-state index is -0.389. The van der Waals surface area contributed by atoms with Gasteiger partial charge in [0.15, 0.2) is 5.78 Å². The first-order chi connectivity index (χ1) is 13.9. The third kappa shape index (κ3) is 3.73. The maximum Gasteiger partial charge on any atom is 0.255 e. The van der Waals surface area contributed by atoms with Crippen molar-refractivity contribution in [3.63, 3.8) is 0 Å². The molecule has 0 bridgehead atoms. The Hall–Kier alpha value is -3.21. The van der Waals surface area contributed by atoms with Crippen LogP contribution in [0, 0.1) is 5.41 Å². The summed E-state index contributed by atoms with van der Waals surface area (Å²) in [7, 11) is 0. The predicted molar refractivity (Wildman–Crippen MR) is 113 cm³/mol. The average molecular weight is 387 g/mol. The number of nitrogens with one attached hydrogen (secondary N) is 2. The molecule has 0 unspecified atom stereocenters. The van der Waals surface area contributed by atoms with Crippen LogP contribution in [-0.4, -0.2) is 16.7 Å². The van der Waals surface area contributed by atoms with E-state index in [-0.39, 0.29) is 23.0 Å². The molecule has 1 aromatic heterocycles. The molecule has 0 saturated heterocycles. The number of pyridine rings is 1. The minimum absolute atomic E-state index is 0.0991. The summed E-state index contributed by atoms with van der Waals surface area (Å²) in [6.07, 6.45) is 2.90. The monoisotopic (exact) mass is 387 g/mol. The number of ketones is 1. The maximum atomic E-state index is 13.3. The number of Topliss-reactive ketones (excluding diaryl/α,β-unsaturated/α-hetero) is 1. The number of anilines is 1. The van der Waals surface area contributed by atoms with Gasteiger partial charge >= 0.3 is 0 Å². The number of amides is 1. The van der Waals surface area contributed by atoms with Gasteiger partial charge in [-0.05, 0) is 36.5 Å². The summed E-state index contributed by atoms with van der Waals surface area (Å²) in [5, 5.41) is 6.26. The molecule has 5 nitrogen and oxygen atoms in total. The Morgan fingerprint density at radius 3 is 2.52 bits per heavy atom. The lowest BCUT2D eigenvalue weighted by molar-refractivity contribution is -0.118. The van der Waals surface area contributed by atoms with Gasteiger partial charge in [-0.15, -0.1) is 0 Å². The van der Waals surface area contributed by atoms with Gasteiger partial charge in [-0.1, -0.05) is 50.2 Å². The van der Waals surface area contributed by atoms with Crippen LogP contribution in [0.2, 0.25) is 0 Å². The van der Waals surface area contributed by atoms with Crippen molar-refractivity contribution in [2.24, 2.45) is 5.41 Å².